The smallest absolute Gasteiger partial charge is 0.335 e. The molecule has 0 aliphatic heterocycles. The molecule has 0 saturated carbocycles. The summed E-state index contributed by atoms with van der Waals surface area (Å²) in [6, 6.07) is 1.69. The third kappa shape index (κ3) is 3.41. The zero-order chi connectivity index (χ0) is 13.7. The van der Waals surface area contributed by atoms with Gasteiger partial charge in [0.25, 0.3) is 0 Å². The van der Waals surface area contributed by atoms with Gasteiger partial charge in [0.2, 0.25) is 0 Å². The van der Waals surface area contributed by atoms with E-state index in [1.807, 2.05) is 17.8 Å². The van der Waals surface area contributed by atoms with E-state index in [2.05, 4.69) is 4.98 Å². The molecule has 1 heterocycles. The molecule has 0 aliphatic carbocycles. The lowest BCUT2D eigenvalue weighted by Gasteiger charge is -2.01. The molecule has 1 aromatic heterocycles. The highest BCUT2D eigenvalue weighted by Crippen LogP contribution is 2.35. The van der Waals surface area contributed by atoms with Crippen LogP contribution in [0.15, 0.2) is 30.9 Å². The van der Waals surface area contributed by atoms with Crippen LogP contribution in [0.4, 0.5) is 0 Å². The second kappa shape index (κ2) is 5.58. The topological polar surface area (TPSA) is 116 Å². The number of aromatic hydroxyl groups is 3. The summed E-state index contributed by atoms with van der Waals surface area (Å²) in [7, 11) is 1.94. The molecule has 96 valence electrons. The van der Waals surface area contributed by atoms with E-state index < -0.39 is 23.2 Å². The van der Waals surface area contributed by atoms with Crippen LogP contribution in [-0.4, -0.2) is 35.9 Å². The normalized spacial score (nSPS) is 9.39. The number of aromatic nitrogens is 2. The fourth-order valence-corrected chi connectivity index (χ4v) is 1.05. The number of nitrogens with zero attached hydrogens (tertiary/aromatic N) is 2. The molecule has 7 nitrogen and oxygen atoms in total. The number of phenols is 3. The van der Waals surface area contributed by atoms with Gasteiger partial charge in [-0.25, -0.2) is 9.78 Å². The van der Waals surface area contributed by atoms with Crippen molar-refractivity contribution in [1.82, 2.24) is 9.55 Å². The minimum atomic E-state index is -1.29. The maximum atomic E-state index is 10.3. The predicted octanol–water partition coefficient (Wildman–Crippen LogP) is 0.922. The molecular weight excluding hydrogens is 240 g/mol. The average molecular weight is 252 g/mol. The van der Waals surface area contributed by atoms with Gasteiger partial charge in [0.05, 0.1) is 11.9 Å². The van der Waals surface area contributed by atoms with Crippen LogP contribution < -0.4 is 0 Å². The standard InChI is InChI=1S/C7H6O5.C4H6N2/c8-4-1-3(7(11)12)2-5(9)6(4)10;1-6-3-2-5-4-6/h1-2,8-10H,(H,11,12);2-4H,1H3. The van der Waals surface area contributed by atoms with Crippen LogP contribution in [0.5, 0.6) is 17.2 Å². The summed E-state index contributed by atoms with van der Waals surface area (Å²) in [5.41, 5.74) is -0.289. The molecule has 0 bridgehead atoms. The third-order valence-electron chi connectivity index (χ3n) is 1.95. The number of aryl methyl sites for hydroxylation is 1. The molecule has 2 aromatic rings. The zero-order valence-corrected chi connectivity index (χ0v) is 9.48. The quantitative estimate of drug-likeness (QED) is 0.561. The minimum absolute atomic E-state index is 0.289. The van der Waals surface area contributed by atoms with Crippen molar-refractivity contribution in [2.24, 2.45) is 7.05 Å². The first kappa shape index (κ1) is 13.4. The van der Waals surface area contributed by atoms with Crippen LogP contribution in [-0.2, 0) is 7.05 Å². The number of aromatic carboxylic acids is 1. The lowest BCUT2D eigenvalue weighted by atomic mass is 10.2. The summed E-state index contributed by atoms with van der Waals surface area (Å²) in [4.78, 5) is 14.1. The van der Waals surface area contributed by atoms with E-state index in [1.165, 1.54) is 0 Å². The molecule has 0 aliphatic rings. The maximum absolute atomic E-state index is 10.3. The molecule has 2 rings (SSSR count). The lowest BCUT2D eigenvalue weighted by Crippen LogP contribution is -1.95. The highest BCUT2D eigenvalue weighted by atomic mass is 16.4. The third-order valence-corrected chi connectivity index (χ3v) is 1.95. The highest BCUT2D eigenvalue weighted by molar-refractivity contribution is 5.89. The van der Waals surface area contributed by atoms with Gasteiger partial charge in [0, 0.05) is 19.4 Å². The van der Waals surface area contributed by atoms with Crippen LogP contribution in [0.2, 0.25) is 0 Å². The monoisotopic (exact) mass is 252 g/mol. The van der Waals surface area contributed by atoms with E-state index in [0.29, 0.717) is 0 Å². The van der Waals surface area contributed by atoms with Crippen LogP contribution >= 0.6 is 0 Å². The Bertz CT molecular complexity index is 513. The molecule has 0 spiro atoms. The lowest BCUT2D eigenvalue weighted by molar-refractivity contribution is 0.0696. The van der Waals surface area contributed by atoms with E-state index in [0.717, 1.165) is 12.1 Å². The molecule has 18 heavy (non-hydrogen) atoms. The van der Waals surface area contributed by atoms with Crippen molar-refractivity contribution >= 4 is 5.97 Å². The Kier molecular flexibility index (Phi) is 4.14. The van der Waals surface area contributed by atoms with E-state index >= 15 is 0 Å². The molecule has 0 unspecified atom stereocenters. The van der Waals surface area contributed by atoms with Crippen LogP contribution in [0.25, 0.3) is 0 Å². The van der Waals surface area contributed by atoms with Gasteiger partial charge < -0.3 is 25.0 Å². The SMILES string of the molecule is Cn1ccnc1.O=C(O)c1cc(O)c(O)c(O)c1. The number of phenolic OH excluding ortho intramolecular Hbond substituents is 3. The molecule has 0 saturated heterocycles. The first-order valence-electron chi connectivity index (χ1n) is 4.82. The maximum Gasteiger partial charge on any atom is 0.335 e. The number of rotatable bonds is 1. The number of hydrogen-bond acceptors (Lipinski definition) is 5. The largest absolute Gasteiger partial charge is 0.504 e. The summed E-state index contributed by atoms with van der Waals surface area (Å²) in [5, 5.41) is 35.0. The summed E-state index contributed by atoms with van der Waals surface area (Å²) >= 11 is 0. The number of carboxylic acid groups (broad SMARTS) is 1. The van der Waals surface area contributed by atoms with Crippen LogP contribution in [0.1, 0.15) is 10.4 Å². The van der Waals surface area contributed by atoms with Crippen LogP contribution in [0.3, 0.4) is 0 Å². The van der Waals surface area contributed by atoms with Crippen molar-refractivity contribution in [2.75, 3.05) is 0 Å². The number of carbonyl (C=O) groups is 1. The van der Waals surface area contributed by atoms with Gasteiger partial charge in [0.1, 0.15) is 0 Å². The van der Waals surface area contributed by atoms with Crippen molar-refractivity contribution in [1.29, 1.82) is 0 Å². The summed E-state index contributed by atoms with van der Waals surface area (Å²) in [6.07, 6.45) is 5.39. The highest BCUT2D eigenvalue weighted by Gasteiger charge is 2.11. The summed E-state index contributed by atoms with van der Waals surface area (Å²) < 4.78 is 1.89. The summed E-state index contributed by atoms with van der Waals surface area (Å²) in [5.74, 6) is -3.33. The molecule has 4 N–H and O–H groups in total. The van der Waals surface area contributed by atoms with E-state index in [9.17, 15) is 4.79 Å². The van der Waals surface area contributed by atoms with Crippen molar-refractivity contribution in [3.8, 4) is 17.2 Å². The zero-order valence-electron chi connectivity index (χ0n) is 9.48. The average Bonchev–Trinajstić information content (AvgIpc) is 2.77. The molecule has 0 atom stereocenters. The Morgan fingerprint density at radius 2 is 1.78 bits per heavy atom. The van der Waals surface area contributed by atoms with Gasteiger partial charge in [-0.3, -0.25) is 0 Å². The molecule has 1 aromatic carbocycles. The second-order valence-electron chi connectivity index (χ2n) is 3.40. The molecular formula is C11H12N2O5. The molecule has 0 fully saturated rings. The fourth-order valence-electron chi connectivity index (χ4n) is 1.05. The van der Waals surface area contributed by atoms with E-state index in [1.54, 1.807) is 12.5 Å². The number of imidazole rings is 1. The Morgan fingerprint density at radius 1 is 1.22 bits per heavy atom. The van der Waals surface area contributed by atoms with Crippen molar-refractivity contribution in [2.45, 2.75) is 0 Å². The Labute approximate surface area is 102 Å². The molecule has 0 radical (unpaired) electrons. The Hall–Kier alpha value is -2.70. The minimum Gasteiger partial charge on any atom is -0.504 e. The van der Waals surface area contributed by atoms with Gasteiger partial charge in [-0.15, -0.1) is 0 Å². The van der Waals surface area contributed by atoms with Gasteiger partial charge in [-0.2, -0.15) is 0 Å². The van der Waals surface area contributed by atoms with Crippen molar-refractivity contribution < 1.29 is 25.2 Å². The number of carboxylic acids is 1. The van der Waals surface area contributed by atoms with Crippen molar-refractivity contribution in [3.05, 3.63) is 36.4 Å². The first-order chi connectivity index (χ1) is 8.41. The number of benzene rings is 1. The molecule has 0 amide bonds. The van der Waals surface area contributed by atoms with Crippen LogP contribution in [0, 0.1) is 0 Å². The Balaban J connectivity index is 0.000000225. The van der Waals surface area contributed by atoms with Gasteiger partial charge in [-0.1, -0.05) is 0 Å². The summed E-state index contributed by atoms with van der Waals surface area (Å²) in [6.45, 7) is 0. The molecule has 7 heteroatoms. The van der Waals surface area contributed by atoms with Gasteiger partial charge in [-0.05, 0) is 12.1 Å². The van der Waals surface area contributed by atoms with Crippen molar-refractivity contribution in [3.63, 3.8) is 0 Å². The first-order valence-corrected chi connectivity index (χ1v) is 4.82. The second-order valence-corrected chi connectivity index (χ2v) is 3.40. The fraction of sp³-hybridized carbons (Fsp3) is 0.0909. The Morgan fingerprint density at radius 3 is 2.06 bits per heavy atom. The van der Waals surface area contributed by atoms with E-state index in [-0.39, 0.29) is 5.56 Å². The van der Waals surface area contributed by atoms with Gasteiger partial charge in [0.15, 0.2) is 17.2 Å². The number of hydrogen-bond donors (Lipinski definition) is 4. The predicted molar refractivity (Wildman–Crippen MR) is 61.6 cm³/mol. The van der Waals surface area contributed by atoms with E-state index in [4.69, 9.17) is 20.4 Å². The van der Waals surface area contributed by atoms with Gasteiger partial charge >= 0.3 is 5.97 Å².